The molecule has 0 aliphatic heterocycles. The van der Waals surface area contributed by atoms with Crippen molar-refractivity contribution in [3.8, 4) is 0 Å². The van der Waals surface area contributed by atoms with Crippen LogP contribution in [-0.2, 0) is 9.59 Å². The number of amides is 2. The van der Waals surface area contributed by atoms with Gasteiger partial charge in [-0.1, -0.05) is 38.5 Å². The van der Waals surface area contributed by atoms with E-state index in [9.17, 15) is 9.59 Å². The highest BCUT2D eigenvalue weighted by molar-refractivity contribution is 7.80. The van der Waals surface area contributed by atoms with E-state index in [4.69, 9.17) is 12.2 Å². The third kappa shape index (κ3) is 5.26. The van der Waals surface area contributed by atoms with Crippen LogP contribution in [0.25, 0.3) is 0 Å². The van der Waals surface area contributed by atoms with Crippen LogP contribution in [0.4, 0.5) is 0 Å². The van der Waals surface area contributed by atoms with Gasteiger partial charge in [-0.3, -0.25) is 20.4 Å². The highest BCUT2D eigenvalue weighted by atomic mass is 32.1. The van der Waals surface area contributed by atoms with E-state index in [1.807, 2.05) is 0 Å². The first-order chi connectivity index (χ1) is 10.2. The minimum Gasteiger partial charge on any atom is -0.302 e. The van der Waals surface area contributed by atoms with E-state index in [-0.39, 0.29) is 28.8 Å². The van der Waals surface area contributed by atoms with Gasteiger partial charge in [0.15, 0.2) is 5.11 Å². The van der Waals surface area contributed by atoms with Crippen molar-refractivity contribution in [2.24, 2.45) is 11.8 Å². The van der Waals surface area contributed by atoms with E-state index in [2.05, 4.69) is 16.2 Å². The minimum atomic E-state index is -0.0286. The Morgan fingerprint density at radius 3 is 1.71 bits per heavy atom. The largest absolute Gasteiger partial charge is 0.302 e. The zero-order valence-corrected chi connectivity index (χ0v) is 13.3. The lowest BCUT2D eigenvalue weighted by molar-refractivity contribution is -0.127. The number of hydrazine groups is 1. The average molecular weight is 311 g/mol. The van der Waals surface area contributed by atoms with Crippen LogP contribution < -0.4 is 16.2 Å². The molecule has 0 spiro atoms. The lowest BCUT2D eigenvalue weighted by atomic mass is 9.89. The van der Waals surface area contributed by atoms with Gasteiger partial charge >= 0.3 is 0 Å². The highest BCUT2D eigenvalue weighted by Gasteiger charge is 2.23. The highest BCUT2D eigenvalue weighted by Crippen LogP contribution is 2.24. The molecule has 21 heavy (non-hydrogen) atoms. The average Bonchev–Trinajstić information content (AvgIpc) is 2.54. The fourth-order valence-corrected chi connectivity index (χ4v) is 3.35. The predicted molar refractivity (Wildman–Crippen MR) is 85.2 cm³/mol. The predicted octanol–water partition coefficient (Wildman–Crippen LogP) is 2.17. The van der Waals surface area contributed by atoms with Gasteiger partial charge in [-0.15, -0.1) is 0 Å². The third-order valence-corrected chi connectivity index (χ3v) is 4.69. The molecular formula is C15H25N3O2S. The van der Waals surface area contributed by atoms with Gasteiger partial charge in [0.05, 0.1) is 0 Å². The zero-order chi connectivity index (χ0) is 15.1. The Labute approximate surface area is 131 Å². The summed E-state index contributed by atoms with van der Waals surface area (Å²) in [5.41, 5.74) is 5.27. The van der Waals surface area contributed by atoms with Gasteiger partial charge in [-0.25, -0.2) is 0 Å². The number of hydrogen-bond acceptors (Lipinski definition) is 3. The molecule has 3 N–H and O–H groups in total. The van der Waals surface area contributed by atoms with E-state index in [0.29, 0.717) is 0 Å². The standard InChI is InChI=1S/C15H25N3O2S/c19-13(11-7-3-1-4-8-11)16-15(21)18-17-14(20)12-9-5-2-6-10-12/h11-12H,1-10H2,(H,17,20)(H2,16,18,19,21). The number of thiocarbonyl (C=S) groups is 1. The molecule has 6 heteroatoms. The van der Waals surface area contributed by atoms with Crippen LogP contribution in [-0.4, -0.2) is 16.9 Å². The van der Waals surface area contributed by atoms with E-state index in [1.165, 1.54) is 12.8 Å². The topological polar surface area (TPSA) is 70.2 Å². The molecule has 0 aromatic heterocycles. The first-order valence-electron chi connectivity index (χ1n) is 8.07. The maximum Gasteiger partial charge on any atom is 0.241 e. The maximum absolute atomic E-state index is 12.0. The fraction of sp³-hybridized carbons (Fsp3) is 0.800. The van der Waals surface area contributed by atoms with Crippen LogP contribution in [0.15, 0.2) is 0 Å². The Hall–Kier alpha value is -1.17. The molecule has 0 atom stereocenters. The molecule has 0 aromatic rings. The van der Waals surface area contributed by atoms with E-state index < -0.39 is 0 Å². The maximum atomic E-state index is 12.0. The van der Waals surface area contributed by atoms with Crippen LogP contribution in [0.2, 0.25) is 0 Å². The monoisotopic (exact) mass is 311 g/mol. The van der Waals surface area contributed by atoms with Gasteiger partial charge in [-0.05, 0) is 37.9 Å². The second-order valence-electron chi connectivity index (χ2n) is 6.10. The number of nitrogens with one attached hydrogen (secondary N) is 3. The molecule has 0 bridgehead atoms. The summed E-state index contributed by atoms with van der Waals surface area (Å²) < 4.78 is 0. The fourth-order valence-electron chi connectivity index (χ4n) is 3.20. The zero-order valence-electron chi connectivity index (χ0n) is 12.5. The Kier molecular flexibility index (Phi) is 6.42. The van der Waals surface area contributed by atoms with Crippen molar-refractivity contribution < 1.29 is 9.59 Å². The number of carbonyl (C=O) groups excluding carboxylic acids is 2. The summed E-state index contributed by atoms with van der Waals surface area (Å²) >= 11 is 5.06. The van der Waals surface area contributed by atoms with Gasteiger partial charge in [0.25, 0.3) is 0 Å². The van der Waals surface area contributed by atoms with Crippen molar-refractivity contribution in [3.05, 3.63) is 0 Å². The molecule has 2 amide bonds. The molecule has 2 aliphatic carbocycles. The number of hydrogen-bond donors (Lipinski definition) is 3. The van der Waals surface area contributed by atoms with Crippen molar-refractivity contribution in [1.29, 1.82) is 0 Å². The summed E-state index contributed by atoms with van der Waals surface area (Å²) in [5.74, 6) is 0.0822. The van der Waals surface area contributed by atoms with Crippen molar-refractivity contribution in [2.75, 3.05) is 0 Å². The van der Waals surface area contributed by atoms with Gasteiger partial charge < -0.3 is 5.32 Å². The lowest BCUT2D eigenvalue weighted by Crippen LogP contribution is -2.51. The van der Waals surface area contributed by atoms with Crippen molar-refractivity contribution in [2.45, 2.75) is 64.2 Å². The van der Waals surface area contributed by atoms with Crippen LogP contribution in [0.1, 0.15) is 64.2 Å². The summed E-state index contributed by atoms with van der Waals surface area (Å²) in [7, 11) is 0. The first kappa shape index (κ1) is 16.2. The smallest absolute Gasteiger partial charge is 0.241 e. The molecule has 0 aromatic carbocycles. The van der Waals surface area contributed by atoms with Crippen LogP contribution in [0, 0.1) is 11.8 Å². The van der Waals surface area contributed by atoms with Gasteiger partial charge in [0, 0.05) is 11.8 Å². The van der Waals surface area contributed by atoms with E-state index in [1.54, 1.807) is 0 Å². The van der Waals surface area contributed by atoms with Crippen molar-refractivity contribution in [3.63, 3.8) is 0 Å². The van der Waals surface area contributed by atoms with Crippen LogP contribution in [0.5, 0.6) is 0 Å². The molecule has 0 unspecified atom stereocenters. The molecule has 118 valence electrons. The molecular weight excluding hydrogens is 286 g/mol. The second-order valence-corrected chi connectivity index (χ2v) is 6.51. The SMILES string of the molecule is O=C(NNC(=S)NC(=O)C1CCCCC1)C1CCCCC1. The molecule has 0 saturated heterocycles. The second kappa shape index (κ2) is 8.32. The normalized spacial score (nSPS) is 20.6. The Morgan fingerprint density at radius 1 is 0.714 bits per heavy atom. The molecule has 2 rings (SSSR count). The molecule has 0 heterocycles. The van der Waals surface area contributed by atoms with Gasteiger partial charge in [0.1, 0.15) is 0 Å². The third-order valence-electron chi connectivity index (χ3n) is 4.49. The van der Waals surface area contributed by atoms with Crippen LogP contribution >= 0.6 is 12.2 Å². The van der Waals surface area contributed by atoms with E-state index >= 15 is 0 Å². The number of rotatable bonds is 2. The molecule has 2 fully saturated rings. The quantitative estimate of drug-likeness (QED) is 0.540. The molecule has 2 saturated carbocycles. The minimum absolute atomic E-state index is 0.0241. The summed E-state index contributed by atoms with van der Waals surface area (Å²) in [6.45, 7) is 0. The molecule has 5 nitrogen and oxygen atoms in total. The summed E-state index contributed by atoms with van der Waals surface area (Å²) in [6, 6.07) is 0. The summed E-state index contributed by atoms with van der Waals surface area (Å²) in [5, 5.41) is 2.86. The summed E-state index contributed by atoms with van der Waals surface area (Å²) in [6.07, 6.45) is 10.6. The Morgan fingerprint density at radius 2 is 1.19 bits per heavy atom. The summed E-state index contributed by atoms with van der Waals surface area (Å²) in [4.78, 5) is 23.9. The van der Waals surface area contributed by atoms with Crippen molar-refractivity contribution in [1.82, 2.24) is 16.2 Å². The number of carbonyl (C=O) groups is 2. The van der Waals surface area contributed by atoms with Crippen molar-refractivity contribution >= 4 is 29.1 Å². The Balaban J connectivity index is 1.66. The first-order valence-corrected chi connectivity index (χ1v) is 8.48. The van der Waals surface area contributed by atoms with Gasteiger partial charge in [0.2, 0.25) is 11.8 Å². The molecule has 2 aliphatic rings. The molecule has 0 radical (unpaired) electrons. The lowest BCUT2D eigenvalue weighted by Gasteiger charge is -2.23. The van der Waals surface area contributed by atoms with Gasteiger partial charge in [-0.2, -0.15) is 0 Å². The van der Waals surface area contributed by atoms with Crippen LogP contribution in [0.3, 0.4) is 0 Å². The van der Waals surface area contributed by atoms with E-state index in [0.717, 1.165) is 51.4 Å². The Bertz CT molecular complexity index is 388.